The standard InChI is InChI=1S/C29H40N2O6/c1-9-11-25(29(4,5)6)31(28(33)19-16-23(34-7)18(3)24(17-19)35-8)30-27(32)21-12-13-22-26(20(21)10-2)37-15-14-36-22/h12-13,16-17,25H,9-11,14-15H2,1-8H3,(H,30,32). The van der Waals surface area contributed by atoms with E-state index in [4.69, 9.17) is 18.9 Å². The van der Waals surface area contributed by atoms with Crippen LogP contribution in [0.3, 0.4) is 0 Å². The first kappa shape index (κ1) is 28.2. The Balaban J connectivity index is 2.08. The van der Waals surface area contributed by atoms with E-state index in [0.717, 1.165) is 17.5 Å². The van der Waals surface area contributed by atoms with Gasteiger partial charge in [-0.3, -0.25) is 15.0 Å². The SMILES string of the molecule is CCCC(N(NC(=O)c1ccc2c(c1CC)OCCO2)C(=O)c1cc(OC)c(C)c(OC)c1)C(C)(C)C. The Kier molecular flexibility index (Phi) is 8.94. The molecule has 1 unspecified atom stereocenters. The molecule has 0 saturated heterocycles. The van der Waals surface area contributed by atoms with E-state index in [-0.39, 0.29) is 23.3 Å². The Hall–Kier alpha value is -3.42. The van der Waals surface area contributed by atoms with Gasteiger partial charge < -0.3 is 18.9 Å². The topological polar surface area (TPSA) is 86.3 Å². The maximum Gasteiger partial charge on any atom is 0.272 e. The van der Waals surface area contributed by atoms with E-state index in [9.17, 15) is 9.59 Å². The van der Waals surface area contributed by atoms with Crippen molar-refractivity contribution in [1.29, 1.82) is 0 Å². The first-order valence-corrected chi connectivity index (χ1v) is 12.9. The van der Waals surface area contributed by atoms with Crippen molar-refractivity contribution in [2.75, 3.05) is 27.4 Å². The molecule has 37 heavy (non-hydrogen) atoms. The summed E-state index contributed by atoms with van der Waals surface area (Å²) in [6, 6.07) is 6.58. The maximum absolute atomic E-state index is 14.1. The van der Waals surface area contributed by atoms with Crippen LogP contribution in [0.1, 0.15) is 79.3 Å². The Bertz CT molecular complexity index is 1110. The Morgan fingerprint density at radius 1 is 1.05 bits per heavy atom. The van der Waals surface area contributed by atoms with E-state index in [2.05, 4.69) is 33.1 Å². The number of rotatable bonds is 8. The molecule has 0 bridgehead atoms. The molecular weight excluding hydrogens is 472 g/mol. The monoisotopic (exact) mass is 512 g/mol. The number of carbonyl (C=O) groups excluding carboxylic acids is 2. The van der Waals surface area contributed by atoms with Crippen molar-refractivity contribution in [1.82, 2.24) is 10.4 Å². The average Bonchev–Trinajstić information content (AvgIpc) is 2.88. The van der Waals surface area contributed by atoms with Gasteiger partial charge in [-0.1, -0.05) is 41.0 Å². The zero-order chi connectivity index (χ0) is 27.3. The van der Waals surface area contributed by atoms with E-state index in [0.29, 0.717) is 60.2 Å². The lowest BCUT2D eigenvalue weighted by Gasteiger charge is -2.40. The molecule has 1 N–H and O–H groups in total. The number of carbonyl (C=O) groups is 2. The Morgan fingerprint density at radius 2 is 1.68 bits per heavy atom. The largest absolute Gasteiger partial charge is 0.496 e. The summed E-state index contributed by atoms with van der Waals surface area (Å²) in [4.78, 5) is 27.8. The van der Waals surface area contributed by atoms with Crippen LogP contribution in [0, 0.1) is 12.3 Å². The normalized spacial score (nSPS) is 13.5. The molecule has 8 heteroatoms. The number of amides is 2. The van der Waals surface area contributed by atoms with Gasteiger partial charge in [-0.25, -0.2) is 5.01 Å². The minimum absolute atomic E-state index is 0.269. The number of methoxy groups -OCH3 is 2. The highest BCUT2D eigenvalue weighted by Crippen LogP contribution is 2.37. The number of hydrogen-bond donors (Lipinski definition) is 1. The highest BCUT2D eigenvalue weighted by Gasteiger charge is 2.36. The molecule has 0 fully saturated rings. The second kappa shape index (κ2) is 11.8. The summed E-state index contributed by atoms with van der Waals surface area (Å²) in [6.45, 7) is 13.0. The fraction of sp³-hybridized carbons (Fsp3) is 0.517. The summed E-state index contributed by atoms with van der Waals surface area (Å²) < 4.78 is 22.6. The van der Waals surface area contributed by atoms with Gasteiger partial charge in [-0.2, -0.15) is 0 Å². The fourth-order valence-corrected chi connectivity index (χ4v) is 4.75. The third kappa shape index (κ3) is 5.95. The molecule has 0 radical (unpaired) electrons. The number of hydrogen-bond acceptors (Lipinski definition) is 6. The number of nitrogens with zero attached hydrogens (tertiary/aromatic N) is 1. The molecule has 1 atom stereocenters. The summed E-state index contributed by atoms with van der Waals surface area (Å²) in [5.41, 5.74) is 5.02. The van der Waals surface area contributed by atoms with E-state index in [1.54, 1.807) is 38.5 Å². The first-order valence-electron chi connectivity index (χ1n) is 12.9. The molecule has 0 saturated carbocycles. The summed E-state index contributed by atoms with van der Waals surface area (Å²) in [5, 5.41) is 1.48. The molecule has 202 valence electrons. The molecule has 2 amide bonds. The molecule has 1 heterocycles. The Labute approximate surface area is 220 Å². The van der Waals surface area contributed by atoms with Crippen molar-refractivity contribution in [3.63, 3.8) is 0 Å². The van der Waals surface area contributed by atoms with E-state index >= 15 is 0 Å². The summed E-state index contributed by atoms with van der Waals surface area (Å²) in [5.74, 6) is 1.58. The van der Waals surface area contributed by atoms with Gasteiger partial charge in [0, 0.05) is 22.3 Å². The van der Waals surface area contributed by atoms with Gasteiger partial charge in [-0.15, -0.1) is 0 Å². The average molecular weight is 513 g/mol. The second-order valence-corrected chi connectivity index (χ2v) is 10.3. The van der Waals surface area contributed by atoms with Gasteiger partial charge in [0.1, 0.15) is 24.7 Å². The number of ether oxygens (including phenoxy) is 4. The van der Waals surface area contributed by atoms with Crippen molar-refractivity contribution in [2.24, 2.45) is 5.41 Å². The lowest BCUT2D eigenvalue weighted by atomic mass is 9.83. The Morgan fingerprint density at radius 3 is 2.22 bits per heavy atom. The molecule has 1 aliphatic heterocycles. The van der Waals surface area contributed by atoms with Gasteiger partial charge >= 0.3 is 0 Å². The zero-order valence-corrected chi connectivity index (χ0v) is 23.3. The van der Waals surface area contributed by atoms with Crippen molar-refractivity contribution in [2.45, 2.75) is 66.8 Å². The molecular formula is C29H40N2O6. The number of fused-ring (bicyclic) bond motifs is 1. The van der Waals surface area contributed by atoms with Crippen molar-refractivity contribution in [3.05, 3.63) is 46.5 Å². The zero-order valence-electron chi connectivity index (χ0n) is 23.3. The predicted octanol–water partition coefficient (Wildman–Crippen LogP) is 5.35. The van der Waals surface area contributed by atoms with Gasteiger partial charge in [0.25, 0.3) is 11.8 Å². The van der Waals surface area contributed by atoms with Crippen LogP contribution in [0.25, 0.3) is 0 Å². The first-order chi connectivity index (χ1) is 17.6. The third-order valence-corrected chi connectivity index (χ3v) is 6.72. The molecule has 0 spiro atoms. The smallest absolute Gasteiger partial charge is 0.272 e. The molecule has 0 aromatic heterocycles. The van der Waals surface area contributed by atoms with Crippen LogP contribution in [0.2, 0.25) is 0 Å². The lowest BCUT2D eigenvalue weighted by molar-refractivity contribution is 0.0270. The highest BCUT2D eigenvalue weighted by molar-refractivity contribution is 6.01. The highest BCUT2D eigenvalue weighted by atomic mass is 16.6. The van der Waals surface area contributed by atoms with Crippen LogP contribution in [0.4, 0.5) is 0 Å². The van der Waals surface area contributed by atoms with Crippen molar-refractivity contribution >= 4 is 11.8 Å². The molecule has 8 nitrogen and oxygen atoms in total. The van der Waals surface area contributed by atoms with Gasteiger partial charge in [0.05, 0.1) is 20.3 Å². The van der Waals surface area contributed by atoms with Crippen LogP contribution in [-0.4, -0.2) is 50.3 Å². The number of benzene rings is 2. The van der Waals surface area contributed by atoms with E-state index in [1.807, 2.05) is 13.8 Å². The number of nitrogens with one attached hydrogen (secondary N) is 1. The van der Waals surface area contributed by atoms with E-state index < -0.39 is 0 Å². The molecule has 2 aromatic rings. The predicted molar refractivity (Wildman–Crippen MR) is 143 cm³/mol. The lowest BCUT2D eigenvalue weighted by Crippen LogP contribution is -2.56. The maximum atomic E-state index is 14.1. The number of hydrazine groups is 1. The van der Waals surface area contributed by atoms with Crippen LogP contribution in [0.15, 0.2) is 24.3 Å². The van der Waals surface area contributed by atoms with Gasteiger partial charge in [-0.05, 0) is 49.4 Å². The third-order valence-electron chi connectivity index (χ3n) is 6.72. The summed E-state index contributed by atoms with van der Waals surface area (Å²) in [6.07, 6.45) is 2.12. The van der Waals surface area contributed by atoms with Crippen LogP contribution in [0.5, 0.6) is 23.0 Å². The van der Waals surface area contributed by atoms with Crippen LogP contribution < -0.4 is 24.4 Å². The van der Waals surface area contributed by atoms with Gasteiger partial charge in [0.2, 0.25) is 0 Å². The quantitative estimate of drug-likeness (QED) is 0.480. The van der Waals surface area contributed by atoms with Crippen LogP contribution >= 0.6 is 0 Å². The molecule has 0 aliphatic carbocycles. The fourth-order valence-electron chi connectivity index (χ4n) is 4.75. The van der Waals surface area contributed by atoms with Crippen molar-refractivity contribution < 1.29 is 28.5 Å². The minimum Gasteiger partial charge on any atom is -0.496 e. The molecule has 3 rings (SSSR count). The van der Waals surface area contributed by atoms with Gasteiger partial charge in [0.15, 0.2) is 11.5 Å². The minimum atomic E-state index is -0.376. The summed E-state index contributed by atoms with van der Waals surface area (Å²) in [7, 11) is 3.11. The summed E-state index contributed by atoms with van der Waals surface area (Å²) >= 11 is 0. The van der Waals surface area contributed by atoms with Crippen LogP contribution in [-0.2, 0) is 6.42 Å². The molecule has 2 aromatic carbocycles. The molecule has 1 aliphatic rings. The second-order valence-electron chi connectivity index (χ2n) is 10.3. The van der Waals surface area contributed by atoms with E-state index in [1.165, 1.54) is 5.01 Å². The van der Waals surface area contributed by atoms with Crippen molar-refractivity contribution in [3.8, 4) is 23.0 Å².